The van der Waals surface area contributed by atoms with Crippen molar-refractivity contribution in [3.8, 4) is 11.5 Å². The lowest BCUT2D eigenvalue weighted by atomic mass is 9.97. The van der Waals surface area contributed by atoms with Gasteiger partial charge in [-0.2, -0.15) is 0 Å². The topological polar surface area (TPSA) is 33.7 Å². The van der Waals surface area contributed by atoms with E-state index in [1.54, 1.807) is 0 Å². The van der Waals surface area contributed by atoms with Crippen LogP contribution in [-0.2, 0) is 0 Å². The smallest absolute Gasteiger partial charge is 0.163 e. The van der Waals surface area contributed by atoms with Crippen molar-refractivity contribution in [1.82, 2.24) is 5.32 Å². The number of hydrogen-bond acceptors (Lipinski definition) is 4. The van der Waals surface area contributed by atoms with Crippen LogP contribution in [0.15, 0.2) is 18.2 Å². The van der Waals surface area contributed by atoms with Gasteiger partial charge in [0.15, 0.2) is 11.5 Å². The summed E-state index contributed by atoms with van der Waals surface area (Å²) in [7, 11) is 2.05. The monoisotopic (exact) mass is 262 g/mol. The van der Waals surface area contributed by atoms with E-state index in [-0.39, 0.29) is 0 Å². The minimum Gasteiger partial charge on any atom is -0.486 e. The third kappa shape index (κ3) is 2.50. The molecule has 1 aromatic carbocycles. The molecule has 2 unspecified atom stereocenters. The first kappa shape index (κ1) is 12.6. The van der Waals surface area contributed by atoms with Crippen LogP contribution in [0.2, 0.25) is 0 Å². The van der Waals surface area contributed by atoms with Crippen LogP contribution < -0.4 is 19.7 Å². The van der Waals surface area contributed by atoms with Crippen LogP contribution in [0, 0.1) is 0 Å². The van der Waals surface area contributed by atoms with Gasteiger partial charge in [-0.15, -0.1) is 0 Å². The summed E-state index contributed by atoms with van der Waals surface area (Å²) in [5.41, 5.74) is 1.24. The SMILES string of the molecule is CNC1CCN(c2ccc3c(c2)OCCO3)C(C)C1. The maximum Gasteiger partial charge on any atom is 0.163 e. The Morgan fingerprint density at radius 1 is 1.21 bits per heavy atom. The number of fused-ring (bicyclic) bond motifs is 1. The Morgan fingerprint density at radius 2 is 2.00 bits per heavy atom. The molecular formula is C15H22N2O2. The third-order valence-electron chi connectivity index (χ3n) is 4.14. The number of benzene rings is 1. The Balaban J connectivity index is 1.78. The van der Waals surface area contributed by atoms with Gasteiger partial charge in [0.05, 0.1) is 0 Å². The van der Waals surface area contributed by atoms with Gasteiger partial charge < -0.3 is 19.7 Å². The molecule has 0 amide bonds. The van der Waals surface area contributed by atoms with Crippen LogP contribution in [0.4, 0.5) is 5.69 Å². The standard InChI is InChI=1S/C15H22N2O2/c1-11-9-12(16-2)5-6-17(11)13-3-4-14-15(10-13)19-8-7-18-14/h3-4,10-12,16H,5-9H2,1-2H3. The molecule has 3 rings (SSSR count). The zero-order valence-corrected chi connectivity index (χ0v) is 11.7. The van der Waals surface area contributed by atoms with Gasteiger partial charge in [-0.3, -0.25) is 0 Å². The highest BCUT2D eigenvalue weighted by atomic mass is 16.6. The van der Waals surface area contributed by atoms with Gasteiger partial charge in [0.1, 0.15) is 13.2 Å². The summed E-state index contributed by atoms with van der Waals surface area (Å²) < 4.78 is 11.2. The van der Waals surface area contributed by atoms with Crippen molar-refractivity contribution in [2.75, 3.05) is 31.7 Å². The van der Waals surface area contributed by atoms with Crippen LogP contribution in [0.3, 0.4) is 0 Å². The molecule has 1 fully saturated rings. The highest BCUT2D eigenvalue weighted by Gasteiger charge is 2.25. The maximum atomic E-state index is 5.67. The van der Waals surface area contributed by atoms with E-state index in [2.05, 4.69) is 36.3 Å². The average molecular weight is 262 g/mol. The predicted molar refractivity (Wildman–Crippen MR) is 76.3 cm³/mol. The van der Waals surface area contributed by atoms with E-state index in [4.69, 9.17) is 9.47 Å². The van der Waals surface area contributed by atoms with Gasteiger partial charge in [0.25, 0.3) is 0 Å². The number of hydrogen-bond donors (Lipinski definition) is 1. The molecule has 0 aromatic heterocycles. The number of nitrogens with zero attached hydrogens (tertiary/aromatic N) is 1. The first-order valence-corrected chi connectivity index (χ1v) is 7.11. The Kier molecular flexibility index (Phi) is 3.51. The lowest BCUT2D eigenvalue weighted by Gasteiger charge is -2.39. The van der Waals surface area contributed by atoms with Crippen LogP contribution in [0.5, 0.6) is 11.5 Å². The molecule has 2 atom stereocenters. The zero-order chi connectivity index (χ0) is 13.2. The molecular weight excluding hydrogens is 240 g/mol. The summed E-state index contributed by atoms with van der Waals surface area (Å²) in [6.45, 7) is 4.68. The number of anilines is 1. The molecule has 0 aliphatic carbocycles. The Labute approximate surface area is 114 Å². The van der Waals surface area contributed by atoms with Crippen molar-refractivity contribution in [2.45, 2.75) is 31.8 Å². The first-order valence-electron chi connectivity index (χ1n) is 7.11. The van der Waals surface area contributed by atoms with Crippen molar-refractivity contribution in [3.05, 3.63) is 18.2 Å². The quantitative estimate of drug-likeness (QED) is 0.884. The van der Waals surface area contributed by atoms with E-state index in [9.17, 15) is 0 Å². The molecule has 1 aromatic rings. The summed E-state index contributed by atoms with van der Waals surface area (Å²) in [4.78, 5) is 2.46. The van der Waals surface area contributed by atoms with E-state index < -0.39 is 0 Å². The van der Waals surface area contributed by atoms with E-state index in [0.717, 1.165) is 18.0 Å². The zero-order valence-electron chi connectivity index (χ0n) is 11.7. The molecule has 4 nitrogen and oxygen atoms in total. The molecule has 1 N–H and O–H groups in total. The molecule has 0 saturated carbocycles. The molecule has 1 saturated heterocycles. The van der Waals surface area contributed by atoms with Gasteiger partial charge >= 0.3 is 0 Å². The summed E-state index contributed by atoms with van der Waals surface area (Å²) in [5.74, 6) is 1.75. The second-order valence-electron chi connectivity index (χ2n) is 5.38. The largest absolute Gasteiger partial charge is 0.486 e. The molecule has 19 heavy (non-hydrogen) atoms. The number of nitrogens with one attached hydrogen (secondary N) is 1. The van der Waals surface area contributed by atoms with Gasteiger partial charge in [0, 0.05) is 30.4 Å². The average Bonchev–Trinajstić information content (AvgIpc) is 2.46. The van der Waals surface area contributed by atoms with E-state index in [0.29, 0.717) is 25.3 Å². The molecule has 2 aliphatic heterocycles. The first-order chi connectivity index (χ1) is 9.28. The second-order valence-corrected chi connectivity index (χ2v) is 5.38. The van der Waals surface area contributed by atoms with Crippen LogP contribution in [-0.4, -0.2) is 38.9 Å². The van der Waals surface area contributed by atoms with Crippen molar-refractivity contribution in [2.24, 2.45) is 0 Å². The fourth-order valence-electron chi connectivity index (χ4n) is 3.03. The molecule has 0 spiro atoms. The normalized spacial score (nSPS) is 26.3. The number of ether oxygens (including phenoxy) is 2. The van der Waals surface area contributed by atoms with Crippen molar-refractivity contribution < 1.29 is 9.47 Å². The highest BCUT2D eigenvalue weighted by molar-refractivity contribution is 5.57. The minimum atomic E-state index is 0.550. The predicted octanol–water partition coefficient (Wildman–Crippen LogP) is 2.03. The molecule has 104 valence electrons. The summed E-state index contributed by atoms with van der Waals surface area (Å²) in [6, 6.07) is 7.48. The van der Waals surface area contributed by atoms with Gasteiger partial charge in [-0.05, 0) is 38.9 Å². The molecule has 2 heterocycles. The number of piperidine rings is 1. The van der Waals surface area contributed by atoms with Crippen molar-refractivity contribution in [1.29, 1.82) is 0 Å². The van der Waals surface area contributed by atoms with Gasteiger partial charge in [-0.25, -0.2) is 0 Å². The lowest BCUT2D eigenvalue weighted by molar-refractivity contribution is 0.171. The van der Waals surface area contributed by atoms with E-state index in [1.165, 1.54) is 18.5 Å². The maximum absolute atomic E-state index is 5.67. The number of rotatable bonds is 2. The van der Waals surface area contributed by atoms with Crippen molar-refractivity contribution in [3.63, 3.8) is 0 Å². The minimum absolute atomic E-state index is 0.550. The van der Waals surface area contributed by atoms with E-state index >= 15 is 0 Å². The van der Waals surface area contributed by atoms with Gasteiger partial charge in [0.2, 0.25) is 0 Å². The van der Waals surface area contributed by atoms with Crippen molar-refractivity contribution >= 4 is 5.69 Å². The molecule has 2 aliphatic rings. The highest BCUT2D eigenvalue weighted by Crippen LogP contribution is 2.35. The lowest BCUT2D eigenvalue weighted by Crippen LogP contribution is -2.46. The Bertz CT molecular complexity index is 450. The van der Waals surface area contributed by atoms with Crippen LogP contribution >= 0.6 is 0 Å². The Morgan fingerprint density at radius 3 is 2.74 bits per heavy atom. The fourth-order valence-corrected chi connectivity index (χ4v) is 3.03. The summed E-state index contributed by atoms with van der Waals surface area (Å²) in [6.07, 6.45) is 2.38. The summed E-state index contributed by atoms with van der Waals surface area (Å²) in [5, 5.41) is 3.38. The Hall–Kier alpha value is -1.42. The fraction of sp³-hybridized carbons (Fsp3) is 0.600. The summed E-state index contributed by atoms with van der Waals surface area (Å²) >= 11 is 0. The van der Waals surface area contributed by atoms with Crippen LogP contribution in [0.25, 0.3) is 0 Å². The van der Waals surface area contributed by atoms with Gasteiger partial charge in [-0.1, -0.05) is 0 Å². The van der Waals surface area contributed by atoms with Crippen LogP contribution in [0.1, 0.15) is 19.8 Å². The molecule has 4 heteroatoms. The third-order valence-corrected chi connectivity index (χ3v) is 4.14. The second kappa shape index (κ2) is 5.29. The van der Waals surface area contributed by atoms with E-state index in [1.807, 2.05) is 6.07 Å². The molecule has 0 radical (unpaired) electrons. The molecule has 0 bridgehead atoms.